The molecule has 0 heterocycles. The van der Waals surface area contributed by atoms with Gasteiger partial charge in [-0.05, 0) is 6.42 Å². The first-order valence-corrected chi connectivity index (χ1v) is 4.88. The predicted octanol–water partition coefficient (Wildman–Crippen LogP) is 2.91. The average Bonchev–Trinajstić information content (AvgIpc) is 2.10. The molecule has 2 nitrogen and oxygen atoms in total. The van der Waals surface area contributed by atoms with Gasteiger partial charge in [-0.1, -0.05) is 39.0 Å². The Morgan fingerprint density at radius 1 is 1.08 bits per heavy atom. The van der Waals surface area contributed by atoms with Gasteiger partial charge in [0.1, 0.15) is 0 Å². The minimum Gasteiger partial charge on any atom is -0.469 e. The van der Waals surface area contributed by atoms with Gasteiger partial charge >= 0.3 is 5.97 Å². The van der Waals surface area contributed by atoms with E-state index in [1.54, 1.807) is 0 Å². The Kier molecular flexibility index (Phi) is 8.19. The summed E-state index contributed by atoms with van der Waals surface area (Å²) in [6.45, 7) is 2.20. The topological polar surface area (TPSA) is 26.3 Å². The zero-order chi connectivity index (χ0) is 9.23. The molecule has 0 spiro atoms. The van der Waals surface area contributed by atoms with Crippen LogP contribution >= 0.6 is 0 Å². The van der Waals surface area contributed by atoms with Crippen LogP contribution in [0.5, 0.6) is 0 Å². The van der Waals surface area contributed by atoms with Crippen molar-refractivity contribution in [2.24, 2.45) is 0 Å². The molecular formula is C10H20O2. The number of hydrogen-bond acceptors (Lipinski definition) is 2. The van der Waals surface area contributed by atoms with E-state index in [4.69, 9.17) is 0 Å². The van der Waals surface area contributed by atoms with Gasteiger partial charge in [0.05, 0.1) is 7.11 Å². The van der Waals surface area contributed by atoms with Gasteiger partial charge < -0.3 is 4.74 Å². The maximum absolute atomic E-state index is 10.7. The Bertz CT molecular complexity index is 110. The maximum atomic E-state index is 10.7. The highest BCUT2D eigenvalue weighted by Gasteiger charge is 1.98. The highest BCUT2D eigenvalue weighted by atomic mass is 16.6. The molecular weight excluding hydrogens is 154 g/mol. The molecule has 0 saturated heterocycles. The fraction of sp³-hybridized carbons (Fsp3) is 0.900. The van der Waals surface area contributed by atoms with E-state index in [1.807, 2.05) is 0 Å². The van der Waals surface area contributed by atoms with Crippen LogP contribution in [0, 0.1) is 0 Å². The van der Waals surface area contributed by atoms with Gasteiger partial charge in [0.25, 0.3) is 0 Å². The van der Waals surface area contributed by atoms with E-state index < -0.39 is 0 Å². The number of ether oxygens (including phenoxy) is 1. The summed E-state index contributed by atoms with van der Waals surface area (Å²) in [4.78, 5) is 10.7. The minimum atomic E-state index is -0.0782. The summed E-state index contributed by atoms with van der Waals surface area (Å²) in [6, 6.07) is 0. The number of carbonyl (C=O) groups is 1. The molecule has 0 aliphatic heterocycles. The zero-order valence-electron chi connectivity index (χ0n) is 8.27. The Morgan fingerprint density at radius 3 is 2.25 bits per heavy atom. The van der Waals surface area contributed by atoms with Crippen LogP contribution in [0.25, 0.3) is 0 Å². The first-order valence-electron chi connectivity index (χ1n) is 4.88. The molecule has 0 aliphatic rings. The lowest BCUT2D eigenvalue weighted by atomic mass is 10.1. The number of methoxy groups -OCH3 is 1. The van der Waals surface area contributed by atoms with Crippen molar-refractivity contribution < 1.29 is 9.53 Å². The third-order valence-electron chi connectivity index (χ3n) is 1.96. The summed E-state index contributed by atoms with van der Waals surface area (Å²) >= 11 is 0. The molecule has 12 heavy (non-hydrogen) atoms. The van der Waals surface area contributed by atoms with Crippen LogP contribution in [0.4, 0.5) is 0 Å². The smallest absolute Gasteiger partial charge is 0.305 e. The van der Waals surface area contributed by atoms with Gasteiger partial charge in [0, 0.05) is 6.42 Å². The normalized spacial score (nSPS) is 9.83. The van der Waals surface area contributed by atoms with Gasteiger partial charge in [-0.3, -0.25) is 4.79 Å². The van der Waals surface area contributed by atoms with E-state index >= 15 is 0 Å². The van der Waals surface area contributed by atoms with Crippen molar-refractivity contribution in [3.63, 3.8) is 0 Å². The monoisotopic (exact) mass is 174 g/mol. The lowest BCUT2D eigenvalue weighted by Gasteiger charge is -1.99. The molecule has 0 amide bonds. The van der Waals surface area contributed by atoms with Crippen molar-refractivity contribution in [3.8, 4) is 0 Å². The Morgan fingerprint density at radius 2 is 1.67 bits per heavy atom. The Hall–Kier alpha value is -0.530. The van der Waals surface area contributed by atoms with E-state index in [-0.39, 0.29) is 5.97 Å². The number of esters is 1. The molecule has 0 bridgehead atoms. The summed E-state index contributed by atoms with van der Waals surface area (Å²) in [7, 11) is 1.44. The molecule has 0 aromatic carbocycles. The van der Waals surface area contributed by atoms with Crippen molar-refractivity contribution in [1.82, 2.24) is 0 Å². The van der Waals surface area contributed by atoms with Crippen LogP contribution in [0.3, 0.4) is 0 Å². The van der Waals surface area contributed by atoms with E-state index in [0.29, 0.717) is 6.42 Å². The predicted molar refractivity (Wildman–Crippen MR) is 50.0 cm³/mol. The molecule has 0 rings (SSSR count). The molecule has 72 valence electrons. The van der Waals surface area contributed by atoms with Crippen molar-refractivity contribution in [3.05, 3.63) is 0 Å². The van der Waals surface area contributed by atoms with Crippen LogP contribution in [-0.4, -0.2) is 13.1 Å². The zero-order valence-corrected chi connectivity index (χ0v) is 8.27. The number of rotatable bonds is 7. The maximum Gasteiger partial charge on any atom is 0.305 e. The molecule has 0 radical (unpaired) electrons. The highest BCUT2D eigenvalue weighted by molar-refractivity contribution is 5.68. The van der Waals surface area contributed by atoms with E-state index in [2.05, 4.69) is 11.7 Å². The summed E-state index contributed by atoms with van der Waals surface area (Å²) in [5.41, 5.74) is 0. The second-order valence-corrected chi connectivity index (χ2v) is 3.09. The molecule has 2 heteroatoms. The summed E-state index contributed by atoms with van der Waals surface area (Å²) in [6.07, 6.45) is 7.88. The Balaban J connectivity index is 2.95. The van der Waals surface area contributed by atoms with Gasteiger partial charge in [0.15, 0.2) is 0 Å². The number of unbranched alkanes of at least 4 members (excludes halogenated alkanes) is 5. The first kappa shape index (κ1) is 11.5. The van der Waals surface area contributed by atoms with Crippen LogP contribution in [0.15, 0.2) is 0 Å². The molecule has 0 N–H and O–H groups in total. The van der Waals surface area contributed by atoms with E-state index in [9.17, 15) is 4.79 Å². The molecule has 0 aliphatic carbocycles. The van der Waals surface area contributed by atoms with E-state index in [0.717, 1.165) is 12.8 Å². The van der Waals surface area contributed by atoms with Gasteiger partial charge in [0.2, 0.25) is 0 Å². The molecule has 0 aromatic rings. The fourth-order valence-electron chi connectivity index (χ4n) is 1.15. The lowest BCUT2D eigenvalue weighted by Crippen LogP contribution is -1.98. The van der Waals surface area contributed by atoms with E-state index in [1.165, 1.54) is 32.8 Å². The van der Waals surface area contributed by atoms with Crippen LogP contribution in [0.1, 0.15) is 51.9 Å². The fourth-order valence-corrected chi connectivity index (χ4v) is 1.15. The second-order valence-electron chi connectivity index (χ2n) is 3.09. The largest absolute Gasteiger partial charge is 0.469 e. The minimum absolute atomic E-state index is 0.0782. The lowest BCUT2D eigenvalue weighted by molar-refractivity contribution is -0.140. The van der Waals surface area contributed by atoms with Crippen molar-refractivity contribution in [1.29, 1.82) is 0 Å². The number of carbonyl (C=O) groups excluding carboxylic acids is 1. The first-order chi connectivity index (χ1) is 5.81. The third kappa shape index (κ3) is 7.58. The summed E-state index contributed by atoms with van der Waals surface area (Å²) in [5, 5.41) is 0. The van der Waals surface area contributed by atoms with Crippen LogP contribution < -0.4 is 0 Å². The molecule has 0 aromatic heterocycles. The van der Waals surface area contributed by atoms with Gasteiger partial charge in [-0.15, -0.1) is 0 Å². The Labute approximate surface area is 75.3 Å². The molecule has 0 saturated carbocycles. The quantitative estimate of drug-likeness (QED) is 0.337. The van der Waals surface area contributed by atoms with Crippen molar-refractivity contribution in [2.45, 2.75) is 51.9 Å². The van der Waals surface area contributed by atoms with Crippen LogP contribution in [-0.2, 0) is 9.53 Å². The molecule has 0 fully saturated rings. The number of hydrogen-bond donors (Lipinski definition) is 0. The SMILES string of the molecule is CCCCCCC[13CH2][13C](=O)OC. The summed E-state index contributed by atoms with van der Waals surface area (Å²) in [5.74, 6) is -0.0782. The standard InChI is InChI=1S/C10H20O2/c1-3-4-5-6-7-8-9-10(11)12-2/h3-9H2,1-2H3/i9+1,10+1. The van der Waals surface area contributed by atoms with Crippen molar-refractivity contribution >= 4 is 5.97 Å². The van der Waals surface area contributed by atoms with Crippen molar-refractivity contribution in [2.75, 3.05) is 7.11 Å². The van der Waals surface area contributed by atoms with Gasteiger partial charge in [-0.25, -0.2) is 0 Å². The highest BCUT2D eigenvalue weighted by Crippen LogP contribution is 2.06. The van der Waals surface area contributed by atoms with Crippen LogP contribution in [0.2, 0.25) is 0 Å². The molecule has 0 atom stereocenters. The average molecular weight is 174 g/mol. The second kappa shape index (κ2) is 8.57. The summed E-state index contributed by atoms with van der Waals surface area (Å²) < 4.78 is 4.54. The van der Waals surface area contributed by atoms with Gasteiger partial charge in [-0.2, -0.15) is 0 Å². The third-order valence-corrected chi connectivity index (χ3v) is 1.96. The molecule has 0 unspecified atom stereocenters.